The summed E-state index contributed by atoms with van der Waals surface area (Å²) in [5.74, 6) is 0. The lowest BCUT2D eigenvalue weighted by Gasteiger charge is -2.23. The van der Waals surface area contributed by atoms with Crippen molar-refractivity contribution >= 4 is 0 Å². The number of unbranched alkanes of at least 4 members (excludes halogenated alkanes) is 2. The van der Waals surface area contributed by atoms with Crippen molar-refractivity contribution in [1.29, 1.82) is 0 Å². The van der Waals surface area contributed by atoms with E-state index >= 15 is 0 Å². The highest BCUT2D eigenvalue weighted by molar-refractivity contribution is 4.76. The SMILES string of the molecule is CCCCCOC(C(C)N)C(F)(F)F. The van der Waals surface area contributed by atoms with Crippen molar-refractivity contribution in [3.8, 4) is 0 Å². The molecule has 2 nitrogen and oxygen atoms in total. The van der Waals surface area contributed by atoms with Crippen LogP contribution >= 0.6 is 0 Å². The summed E-state index contributed by atoms with van der Waals surface area (Å²) in [5.41, 5.74) is 5.19. The molecular formula is C9H18F3NO. The molecule has 0 saturated heterocycles. The van der Waals surface area contributed by atoms with Gasteiger partial charge in [0.25, 0.3) is 0 Å². The fourth-order valence-electron chi connectivity index (χ4n) is 1.11. The van der Waals surface area contributed by atoms with Crippen molar-refractivity contribution in [2.24, 2.45) is 5.73 Å². The van der Waals surface area contributed by atoms with Gasteiger partial charge in [-0.3, -0.25) is 0 Å². The maximum Gasteiger partial charge on any atom is 0.416 e. The predicted octanol–water partition coefficient (Wildman–Crippen LogP) is 2.47. The largest absolute Gasteiger partial charge is 0.416 e. The average Bonchev–Trinajstić information content (AvgIpc) is 2.01. The van der Waals surface area contributed by atoms with E-state index in [0.717, 1.165) is 12.8 Å². The lowest BCUT2D eigenvalue weighted by atomic mass is 10.2. The Hall–Kier alpha value is -0.290. The topological polar surface area (TPSA) is 35.2 Å². The summed E-state index contributed by atoms with van der Waals surface area (Å²) in [5, 5.41) is 0. The molecule has 0 fully saturated rings. The molecule has 0 saturated carbocycles. The Morgan fingerprint density at radius 3 is 2.21 bits per heavy atom. The Morgan fingerprint density at radius 1 is 1.29 bits per heavy atom. The van der Waals surface area contributed by atoms with Gasteiger partial charge in [-0.05, 0) is 13.3 Å². The summed E-state index contributed by atoms with van der Waals surface area (Å²) < 4.78 is 41.5. The van der Waals surface area contributed by atoms with Crippen LogP contribution in [0.1, 0.15) is 33.1 Å². The molecule has 2 N–H and O–H groups in total. The number of hydrogen-bond acceptors (Lipinski definition) is 2. The van der Waals surface area contributed by atoms with Crippen molar-refractivity contribution in [2.75, 3.05) is 6.61 Å². The van der Waals surface area contributed by atoms with Crippen LogP contribution in [-0.4, -0.2) is 24.9 Å². The Kier molecular flexibility index (Phi) is 6.11. The van der Waals surface area contributed by atoms with E-state index < -0.39 is 18.3 Å². The maximum atomic E-state index is 12.3. The van der Waals surface area contributed by atoms with E-state index in [2.05, 4.69) is 0 Å². The number of ether oxygens (including phenoxy) is 1. The van der Waals surface area contributed by atoms with E-state index in [0.29, 0.717) is 6.42 Å². The Labute approximate surface area is 82.6 Å². The van der Waals surface area contributed by atoms with Crippen molar-refractivity contribution in [2.45, 2.75) is 51.4 Å². The Balaban J connectivity index is 3.87. The molecule has 0 heterocycles. The second-order valence-corrected chi connectivity index (χ2v) is 3.40. The summed E-state index contributed by atoms with van der Waals surface area (Å²) >= 11 is 0. The van der Waals surface area contributed by atoms with E-state index in [1.165, 1.54) is 6.92 Å². The molecule has 0 amide bonds. The molecular weight excluding hydrogens is 195 g/mol. The minimum atomic E-state index is -4.36. The number of nitrogens with two attached hydrogens (primary N) is 1. The molecule has 0 radical (unpaired) electrons. The minimum absolute atomic E-state index is 0.125. The van der Waals surface area contributed by atoms with Crippen LogP contribution in [0.25, 0.3) is 0 Å². The van der Waals surface area contributed by atoms with E-state index in [4.69, 9.17) is 10.5 Å². The molecule has 0 rings (SSSR count). The van der Waals surface area contributed by atoms with Gasteiger partial charge in [0.05, 0.1) is 0 Å². The molecule has 0 aliphatic carbocycles. The fourth-order valence-corrected chi connectivity index (χ4v) is 1.11. The molecule has 0 bridgehead atoms. The van der Waals surface area contributed by atoms with Crippen molar-refractivity contribution in [3.63, 3.8) is 0 Å². The second kappa shape index (κ2) is 6.24. The monoisotopic (exact) mass is 213 g/mol. The van der Waals surface area contributed by atoms with Gasteiger partial charge in [0.15, 0.2) is 6.10 Å². The van der Waals surface area contributed by atoms with E-state index in [1.54, 1.807) is 0 Å². The first kappa shape index (κ1) is 13.7. The first-order valence-electron chi connectivity index (χ1n) is 4.83. The lowest BCUT2D eigenvalue weighted by Crippen LogP contribution is -2.45. The van der Waals surface area contributed by atoms with Gasteiger partial charge in [-0.2, -0.15) is 13.2 Å². The fraction of sp³-hybridized carbons (Fsp3) is 1.00. The normalized spacial score (nSPS) is 16.7. The smallest absolute Gasteiger partial charge is 0.367 e. The predicted molar refractivity (Wildman–Crippen MR) is 49.0 cm³/mol. The third kappa shape index (κ3) is 5.44. The average molecular weight is 213 g/mol. The minimum Gasteiger partial charge on any atom is -0.367 e. The third-order valence-corrected chi connectivity index (χ3v) is 1.85. The van der Waals surface area contributed by atoms with Crippen molar-refractivity contribution in [3.05, 3.63) is 0 Å². The van der Waals surface area contributed by atoms with Crippen LogP contribution in [0.3, 0.4) is 0 Å². The molecule has 0 spiro atoms. The molecule has 0 aromatic rings. The first-order chi connectivity index (χ1) is 6.39. The van der Waals surface area contributed by atoms with Crippen LogP contribution in [-0.2, 0) is 4.74 Å². The van der Waals surface area contributed by atoms with E-state index in [9.17, 15) is 13.2 Å². The maximum absolute atomic E-state index is 12.3. The van der Waals surface area contributed by atoms with Crippen LogP contribution in [0.4, 0.5) is 13.2 Å². The molecule has 0 aromatic heterocycles. The summed E-state index contributed by atoms with van der Waals surface area (Å²) in [6.45, 7) is 3.41. The van der Waals surface area contributed by atoms with Gasteiger partial charge in [0.1, 0.15) is 0 Å². The van der Waals surface area contributed by atoms with Crippen molar-refractivity contribution in [1.82, 2.24) is 0 Å². The lowest BCUT2D eigenvalue weighted by molar-refractivity contribution is -0.225. The van der Waals surface area contributed by atoms with E-state index in [1.807, 2.05) is 6.92 Å². The number of rotatable bonds is 6. The van der Waals surface area contributed by atoms with Gasteiger partial charge < -0.3 is 10.5 Å². The van der Waals surface area contributed by atoms with Crippen LogP contribution in [0.2, 0.25) is 0 Å². The quantitative estimate of drug-likeness (QED) is 0.688. The van der Waals surface area contributed by atoms with E-state index in [-0.39, 0.29) is 6.61 Å². The standard InChI is InChI=1S/C9H18F3NO/c1-3-4-5-6-14-8(7(2)13)9(10,11)12/h7-8H,3-6,13H2,1-2H3. The van der Waals surface area contributed by atoms with Gasteiger partial charge in [0.2, 0.25) is 0 Å². The molecule has 14 heavy (non-hydrogen) atoms. The van der Waals surface area contributed by atoms with Gasteiger partial charge in [-0.25, -0.2) is 0 Å². The van der Waals surface area contributed by atoms with Crippen LogP contribution in [0, 0.1) is 0 Å². The van der Waals surface area contributed by atoms with Crippen molar-refractivity contribution < 1.29 is 17.9 Å². The number of halogens is 3. The summed E-state index contributed by atoms with van der Waals surface area (Å²) in [4.78, 5) is 0. The zero-order valence-corrected chi connectivity index (χ0v) is 8.60. The van der Waals surface area contributed by atoms with Gasteiger partial charge in [0, 0.05) is 12.6 Å². The van der Waals surface area contributed by atoms with Gasteiger partial charge in [-0.15, -0.1) is 0 Å². The second-order valence-electron chi connectivity index (χ2n) is 3.40. The molecule has 2 unspecified atom stereocenters. The van der Waals surface area contributed by atoms with Gasteiger partial charge >= 0.3 is 6.18 Å². The third-order valence-electron chi connectivity index (χ3n) is 1.85. The zero-order valence-electron chi connectivity index (χ0n) is 8.60. The van der Waals surface area contributed by atoms with Gasteiger partial charge in [-0.1, -0.05) is 19.8 Å². The zero-order chi connectivity index (χ0) is 11.2. The van der Waals surface area contributed by atoms with Crippen LogP contribution in [0.5, 0.6) is 0 Å². The highest BCUT2D eigenvalue weighted by atomic mass is 19.4. The molecule has 5 heteroatoms. The summed E-state index contributed by atoms with van der Waals surface area (Å²) in [6, 6.07) is -1.02. The Bertz CT molecular complexity index is 147. The first-order valence-corrected chi connectivity index (χ1v) is 4.83. The highest BCUT2D eigenvalue weighted by Gasteiger charge is 2.42. The number of alkyl halides is 3. The Morgan fingerprint density at radius 2 is 1.86 bits per heavy atom. The molecule has 0 aromatic carbocycles. The highest BCUT2D eigenvalue weighted by Crippen LogP contribution is 2.24. The summed E-state index contributed by atoms with van der Waals surface area (Å²) in [7, 11) is 0. The molecule has 0 aliphatic rings. The molecule has 0 aliphatic heterocycles. The van der Waals surface area contributed by atoms with Crippen LogP contribution < -0.4 is 5.73 Å². The summed E-state index contributed by atoms with van der Waals surface area (Å²) in [6.07, 6.45) is -3.71. The molecule has 2 atom stereocenters. The van der Waals surface area contributed by atoms with Crippen LogP contribution in [0.15, 0.2) is 0 Å². The number of hydrogen-bond donors (Lipinski definition) is 1. The molecule has 86 valence electrons.